The van der Waals surface area contributed by atoms with Gasteiger partial charge in [-0.2, -0.15) is 0 Å². The summed E-state index contributed by atoms with van der Waals surface area (Å²) in [5.74, 6) is 0.612. The van der Waals surface area contributed by atoms with Crippen LogP contribution in [0.1, 0.15) is 5.56 Å². The number of nitrogens with zero attached hydrogens (tertiary/aromatic N) is 2. The van der Waals surface area contributed by atoms with E-state index in [2.05, 4.69) is 31.2 Å². The van der Waals surface area contributed by atoms with Gasteiger partial charge in [-0.3, -0.25) is 0 Å². The molecule has 3 aromatic rings. The highest BCUT2D eigenvalue weighted by molar-refractivity contribution is 9.10. The van der Waals surface area contributed by atoms with Crippen LogP contribution >= 0.6 is 15.9 Å². The summed E-state index contributed by atoms with van der Waals surface area (Å²) >= 11 is 3.44. The summed E-state index contributed by atoms with van der Waals surface area (Å²) in [5.41, 5.74) is 1.79. The molecule has 0 spiro atoms. The summed E-state index contributed by atoms with van der Waals surface area (Å²) in [6, 6.07) is 12.8. The molecule has 0 amide bonds. The Labute approximate surface area is 142 Å². The van der Waals surface area contributed by atoms with E-state index in [0.29, 0.717) is 23.3 Å². The highest BCUT2D eigenvalue weighted by Gasteiger charge is 2.11. The average Bonchev–Trinajstić information content (AvgIpc) is 2.51. The van der Waals surface area contributed by atoms with E-state index in [1.54, 1.807) is 18.2 Å². The van der Waals surface area contributed by atoms with E-state index in [1.807, 2.05) is 24.3 Å². The molecular formula is C16H14BrN3O2S. The largest absolute Gasteiger partial charge is 0.365 e. The van der Waals surface area contributed by atoms with Gasteiger partial charge in [0.1, 0.15) is 12.1 Å². The second kappa shape index (κ2) is 6.25. The molecule has 0 aliphatic carbocycles. The van der Waals surface area contributed by atoms with E-state index < -0.39 is 9.84 Å². The van der Waals surface area contributed by atoms with Crippen LogP contribution < -0.4 is 5.32 Å². The zero-order valence-electron chi connectivity index (χ0n) is 12.3. The number of halogens is 1. The fourth-order valence-electron chi connectivity index (χ4n) is 2.24. The number of benzene rings is 2. The van der Waals surface area contributed by atoms with Gasteiger partial charge in [-0.25, -0.2) is 18.4 Å². The van der Waals surface area contributed by atoms with Crippen LogP contribution in [-0.2, 0) is 16.4 Å². The van der Waals surface area contributed by atoms with Gasteiger partial charge in [0.05, 0.1) is 10.4 Å². The molecule has 0 fully saturated rings. The molecule has 0 atom stereocenters. The molecule has 0 aliphatic heterocycles. The lowest BCUT2D eigenvalue weighted by atomic mass is 10.2. The second-order valence-electron chi connectivity index (χ2n) is 5.16. The second-order valence-corrected chi connectivity index (χ2v) is 8.09. The lowest BCUT2D eigenvalue weighted by Gasteiger charge is -2.09. The van der Waals surface area contributed by atoms with Gasteiger partial charge in [0.25, 0.3) is 0 Å². The van der Waals surface area contributed by atoms with Gasteiger partial charge in [-0.05, 0) is 35.9 Å². The summed E-state index contributed by atoms with van der Waals surface area (Å²) in [4.78, 5) is 8.67. The lowest BCUT2D eigenvalue weighted by molar-refractivity contribution is 0.602. The van der Waals surface area contributed by atoms with Crippen molar-refractivity contribution in [2.75, 3.05) is 11.6 Å². The number of hydrogen-bond donors (Lipinski definition) is 1. The molecule has 7 heteroatoms. The predicted octanol–water partition coefficient (Wildman–Crippen LogP) is 3.41. The highest BCUT2D eigenvalue weighted by atomic mass is 79.9. The highest BCUT2D eigenvalue weighted by Crippen LogP contribution is 2.23. The van der Waals surface area contributed by atoms with Gasteiger partial charge in [0.2, 0.25) is 0 Å². The molecule has 23 heavy (non-hydrogen) atoms. The Balaban J connectivity index is 1.96. The fraction of sp³-hybridized carbons (Fsp3) is 0.125. The number of sulfone groups is 1. The minimum atomic E-state index is -3.27. The molecule has 0 saturated carbocycles. The Bertz CT molecular complexity index is 974. The Morgan fingerprint density at radius 2 is 1.96 bits per heavy atom. The first kappa shape index (κ1) is 15.9. The number of anilines is 1. The van der Waals surface area contributed by atoms with E-state index >= 15 is 0 Å². The Kier molecular flexibility index (Phi) is 4.32. The molecule has 5 nitrogen and oxygen atoms in total. The van der Waals surface area contributed by atoms with Crippen molar-refractivity contribution in [2.45, 2.75) is 11.4 Å². The van der Waals surface area contributed by atoms with Crippen molar-refractivity contribution >= 4 is 42.5 Å². The van der Waals surface area contributed by atoms with Crippen LogP contribution in [0.3, 0.4) is 0 Å². The van der Waals surface area contributed by atoms with Crippen molar-refractivity contribution in [3.63, 3.8) is 0 Å². The van der Waals surface area contributed by atoms with Crippen molar-refractivity contribution in [3.05, 3.63) is 58.8 Å². The predicted molar refractivity (Wildman–Crippen MR) is 94.1 cm³/mol. The third kappa shape index (κ3) is 3.68. The van der Waals surface area contributed by atoms with Gasteiger partial charge in [-0.1, -0.05) is 28.1 Å². The smallest absolute Gasteiger partial charge is 0.175 e. The molecule has 0 unspecified atom stereocenters. The van der Waals surface area contributed by atoms with Gasteiger partial charge in [0, 0.05) is 22.7 Å². The molecular weight excluding hydrogens is 378 g/mol. The van der Waals surface area contributed by atoms with E-state index in [9.17, 15) is 8.42 Å². The minimum absolute atomic E-state index is 0.255. The van der Waals surface area contributed by atoms with E-state index in [0.717, 1.165) is 10.0 Å². The molecule has 1 aromatic heterocycles. The molecule has 0 bridgehead atoms. The maximum atomic E-state index is 11.7. The van der Waals surface area contributed by atoms with Gasteiger partial charge in [-0.15, -0.1) is 0 Å². The standard InChI is InChI=1S/C16H14BrN3O2S/c1-23(21,22)13-5-6-15-14(8-13)16(20-10-19-15)18-9-11-3-2-4-12(17)7-11/h2-8,10H,9H2,1H3,(H,18,19,20). The summed E-state index contributed by atoms with van der Waals surface area (Å²) < 4.78 is 24.5. The van der Waals surface area contributed by atoms with Crippen LogP contribution in [0.2, 0.25) is 0 Å². The summed E-state index contributed by atoms with van der Waals surface area (Å²) in [6.45, 7) is 0.578. The zero-order chi connectivity index (χ0) is 16.4. The Hall–Kier alpha value is -1.99. The number of aromatic nitrogens is 2. The molecule has 2 aromatic carbocycles. The van der Waals surface area contributed by atoms with E-state index in [1.165, 1.54) is 12.6 Å². The molecule has 0 aliphatic rings. The van der Waals surface area contributed by atoms with Crippen molar-refractivity contribution in [3.8, 4) is 0 Å². The Morgan fingerprint density at radius 1 is 1.13 bits per heavy atom. The van der Waals surface area contributed by atoms with Gasteiger partial charge >= 0.3 is 0 Å². The van der Waals surface area contributed by atoms with E-state index in [4.69, 9.17) is 0 Å². The van der Waals surface area contributed by atoms with Crippen LogP contribution in [0, 0.1) is 0 Å². The van der Waals surface area contributed by atoms with Crippen LogP contribution in [0.4, 0.5) is 5.82 Å². The molecule has 0 saturated heterocycles. The first-order chi connectivity index (χ1) is 10.9. The van der Waals surface area contributed by atoms with Crippen LogP contribution in [0.15, 0.2) is 58.2 Å². The summed E-state index contributed by atoms with van der Waals surface area (Å²) in [6.07, 6.45) is 2.65. The number of nitrogens with one attached hydrogen (secondary N) is 1. The fourth-order valence-corrected chi connectivity index (χ4v) is 3.33. The molecule has 1 N–H and O–H groups in total. The van der Waals surface area contributed by atoms with Gasteiger partial charge in [0.15, 0.2) is 9.84 Å². The van der Waals surface area contributed by atoms with Crippen molar-refractivity contribution in [1.29, 1.82) is 0 Å². The maximum absolute atomic E-state index is 11.7. The molecule has 118 valence electrons. The topological polar surface area (TPSA) is 72.0 Å². The molecule has 1 heterocycles. The maximum Gasteiger partial charge on any atom is 0.175 e. The normalized spacial score (nSPS) is 11.6. The lowest BCUT2D eigenvalue weighted by Crippen LogP contribution is -2.03. The van der Waals surface area contributed by atoms with Crippen LogP contribution in [0.5, 0.6) is 0 Å². The number of hydrogen-bond acceptors (Lipinski definition) is 5. The SMILES string of the molecule is CS(=O)(=O)c1ccc2ncnc(NCc3cccc(Br)c3)c2c1. The Morgan fingerprint density at radius 3 is 2.70 bits per heavy atom. The monoisotopic (exact) mass is 391 g/mol. The van der Waals surface area contributed by atoms with Crippen molar-refractivity contribution in [1.82, 2.24) is 9.97 Å². The molecule has 3 rings (SSSR count). The number of rotatable bonds is 4. The van der Waals surface area contributed by atoms with Gasteiger partial charge < -0.3 is 5.32 Å². The minimum Gasteiger partial charge on any atom is -0.365 e. The van der Waals surface area contributed by atoms with E-state index in [-0.39, 0.29) is 4.90 Å². The first-order valence-electron chi connectivity index (χ1n) is 6.86. The van der Waals surface area contributed by atoms with Crippen LogP contribution in [0.25, 0.3) is 10.9 Å². The van der Waals surface area contributed by atoms with Crippen molar-refractivity contribution < 1.29 is 8.42 Å². The zero-order valence-corrected chi connectivity index (χ0v) is 14.7. The summed E-state index contributed by atoms with van der Waals surface area (Å²) in [5, 5.41) is 3.93. The summed E-state index contributed by atoms with van der Waals surface area (Å²) in [7, 11) is -3.27. The first-order valence-corrected chi connectivity index (χ1v) is 9.55. The molecule has 0 radical (unpaired) electrons. The average molecular weight is 392 g/mol. The number of fused-ring (bicyclic) bond motifs is 1. The quantitative estimate of drug-likeness (QED) is 0.737. The third-order valence-electron chi connectivity index (χ3n) is 3.38. The third-order valence-corrected chi connectivity index (χ3v) is 4.99. The van der Waals surface area contributed by atoms with Crippen LogP contribution in [-0.4, -0.2) is 24.6 Å². The van der Waals surface area contributed by atoms with Crippen molar-refractivity contribution in [2.24, 2.45) is 0 Å².